The summed E-state index contributed by atoms with van der Waals surface area (Å²) < 4.78 is 33.4. The van der Waals surface area contributed by atoms with Crippen molar-refractivity contribution in [1.82, 2.24) is 0 Å². The molecule has 0 aliphatic carbocycles. The van der Waals surface area contributed by atoms with E-state index < -0.39 is 10.0 Å². The molecule has 0 bridgehead atoms. The van der Waals surface area contributed by atoms with Crippen LogP contribution >= 0.6 is 0 Å². The topological polar surface area (TPSA) is 87.7 Å². The third-order valence-corrected chi connectivity index (χ3v) is 6.84. The van der Waals surface area contributed by atoms with Crippen molar-refractivity contribution in [3.05, 3.63) is 78.4 Å². The highest BCUT2D eigenvalue weighted by molar-refractivity contribution is 7.92. The Balaban J connectivity index is 1.45. The Kier molecular flexibility index (Phi) is 6.84. The van der Waals surface area contributed by atoms with Crippen LogP contribution in [-0.2, 0) is 10.0 Å². The van der Waals surface area contributed by atoms with Crippen molar-refractivity contribution < 1.29 is 17.9 Å². The van der Waals surface area contributed by atoms with Crippen molar-refractivity contribution in [2.45, 2.75) is 24.7 Å². The zero-order valence-corrected chi connectivity index (χ0v) is 19.3. The molecule has 33 heavy (non-hydrogen) atoms. The number of hydrogen-bond acceptors (Lipinski definition) is 5. The van der Waals surface area contributed by atoms with E-state index in [1.807, 2.05) is 31.2 Å². The predicted octanol–water partition coefficient (Wildman–Crippen LogP) is 4.74. The van der Waals surface area contributed by atoms with Gasteiger partial charge in [-0.3, -0.25) is 9.52 Å². The van der Waals surface area contributed by atoms with Gasteiger partial charge in [0, 0.05) is 24.3 Å². The fourth-order valence-electron chi connectivity index (χ4n) is 3.79. The van der Waals surface area contributed by atoms with Crippen LogP contribution in [0.1, 0.15) is 30.1 Å². The van der Waals surface area contributed by atoms with Crippen LogP contribution in [0.2, 0.25) is 0 Å². The quantitative estimate of drug-likeness (QED) is 0.502. The van der Waals surface area contributed by atoms with Gasteiger partial charge in [-0.05, 0) is 80.4 Å². The molecule has 3 aromatic rings. The monoisotopic (exact) mass is 465 g/mol. The van der Waals surface area contributed by atoms with Gasteiger partial charge in [-0.25, -0.2) is 8.42 Å². The van der Waals surface area contributed by atoms with Crippen LogP contribution in [0.4, 0.5) is 17.1 Å². The number of benzene rings is 3. The molecule has 1 heterocycles. The SMILES string of the molecule is CCOc1ccc(NS(=O)(=O)c2ccc(C(=O)Nc3ccccc3N3CCCC3)cc2)cc1. The van der Waals surface area contributed by atoms with Crippen molar-refractivity contribution >= 4 is 33.0 Å². The Morgan fingerprint density at radius 1 is 0.939 bits per heavy atom. The fourth-order valence-corrected chi connectivity index (χ4v) is 4.85. The van der Waals surface area contributed by atoms with Crippen LogP contribution in [0.25, 0.3) is 0 Å². The second-order valence-corrected chi connectivity index (χ2v) is 9.44. The first kappa shape index (κ1) is 22.7. The van der Waals surface area contributed by atoms with Crippen molar-refractivity contribution in [3.63, 3.8) is 0 Å². The van der Waals surface area contributed by atoms with Gasteiger partial charge in [-0.15, -0.1) is 0 Å². The number of para-hydroxylation sites is 2. The van der Waals surface area contributed by atoms with Crippen LogP contribution in [-0.4, -0.2) is 34.0 Å². The summed E-state index contributed by atoms with van der Waals surface area (Å²) in [7, 11) is -3.79. The lowest BCUT2D eigenvalue weighted by molar-refractivity contribution is 0.102. The van der Waals surface area contributed by atoms with Crippen LogP contribution in [0.15, 0.2) is 77.7 Å². The van der Waals surface area contributed by atoms with E-state index >= 15 is 0 Å². The summed E-state index contributed by atoms with van der Waals surface area (Å²) in [5, 5.41) is 2.96. The number of carbonyl (C=O) groups excluding carboxylic acids is 1. The van der Waals surface area contributed by atoms with E-state index in [1.165, 1.54) is 24.3 Å². The fraction of sp³-hybridized carbons (Fsp3) is 0.240. The second kappa shape index (κ2) is 9.95. The third kappa shape index (κ3) is 5.46. The van der Waals surface area contributed by atoms with Crippen molar-refractivity contribution in [3.8, 4) is 5.75 Å². The molecule has 1 amide bonds. The molecule has 1 aliphatic rings. The molecular weight excluding hydrogens is 438 g/mol. The van der Waals surface area contributed by atoms with E-state index in [9.17, 15) is 13.2 Å². The van der Waals surface area contributed by atoms with Crippen LogP contribution in [0, 0.1) is 0 Å². The number of carbonyl (C=O) groups is 1. The number of hydrogen-bond donors (Lipinski definition) is 2. The van der Waals surface area contributed by atoms with E-state index in [0.29, 0.717) is 23.6 Å². The summed E-state index contributed by atoms with van der Waals surface area (Å²) in [6, 6.07) is 20.3. The highest BCUT2D eigenvalue weighted by Crippen LogP contribution is 2.29. The predicted molar refractivity (Wildman–Crippen MR) is 131 cm³/mol. The molecule has 1 saturated heterocycles. The highest BCUT2D eigenvalue weighted by Gasteiger charge is 2.18. The smallest absolute Gasteiger partial charge is 0.261 e. The van der Waals surface area contributed by atoms with E-state index in [4.69, 9.17) is 4.74 Å². The Bertz CT molecular complexity index is 1200. The van der Waals surface area contributed by atoms with E-state index in [1.54, 1.807) is 24.3 Å². The number of amides is 1. The first-order valence-corrected chi connectivity index (χ1v) is 12.5. The van der Waals surface area contributed by atoms with E-state index in [2.05, 4.69) is 14.9 Å². The molecule has 8 heteroatoms. The average molecular weight is 466 g/mol. The molecule has 3 aromatic carbocycles. The average Bonchev–Trinajstić information content (AvgIpc) is 3.36. The largest absolute Gasteiger partial charge is 0.494 e. The summed E-state index contributed by atoms with van der Waals surface area (Å²) >= 11 is 0. The van der Waals surface area contributed by atoms with Crippen LogP contribution < -0.4 is 19.7 Å². The third-order valence-electron chi connectivity index (χ3n) is 5.44. The first-order chi connectivity index (χ1) is 16.0. The minimum atomic E-state index is -3.79. The maximum absolute atomic E-state index is 12.8. The number of anilines is 3. The van der Waals surface area contributed by atoms with Gasteiger partial charge in [0.25, 0.3) is 15.9 Å². The number of rotatable bonds is 8. The first-order valence-electron chi connectivity index (χ1n) is 11.0. The van der Waals surface area contributed by atoms with Crippen LogP contribution in [0.5, 0.6) is 5.75 Å². The molecule has 1 aliphatic heterocycles. The zero-order chi connectivity index (χ0) is 23.3. The molecule has 0 aromatic heterocycles. The lowest BCUT2D eigenvalue weighted by atomic mass is 10.2. The van der Waals surface area contributed by atoms with Gasteiger partial charge in [0.1, 0.15) is 5.75 Å². The number of nitrogens with one attached hydrogen (secondary N) is 2. The van der Waals surface area contributed by atoms with E-state index in [-0.39, 0.29) is 10.8 Å². The second-order valence-electron chi connectivity index (χ2n) is 7.75. The Morgan fingerprint density at radius 3 is 2.27 bits per heavy atom. The number of ether oxygens (including phenoxy) is 1. The molecule has 4 rings (SSSR count). The lowest BCUT2D eigenvalue weighted by Gasteiger charge is -2.21. The molecule has 172 valence electrons. The van der Waals surface area contributed by atoms with Crippen molar-refractivity contribution in [2.24, 2.45) is 0 Å². The van der Waals surface area contributed by atoms with Gasteiger partial charge in [0.05, 0.1) is 22.9 Å². The zero-order valence-electron chi connectivity index (χ0n) is 18.5. The number of nitrogens with zero attached hydrogens (tertiary/aromatic N) is 1. The summed E-state index contributed by atoms with van der Waals surface area (Å²) in [5.41, 5.74) is 2.56. The van der Waals surface area contributed by atoms with Gasteiger partial charge >= 0.3 is 0 Å². The van der Waals surface area contributed by atoms with Gasteiger partial charge in [0.2, 0.25) is 0 Å². The number of sulfonamides is 1. The molecular formula is C25H27N3O4S. The molecule has 0 unspecified atom stereocenters. The molecule has 0 saturated carbocycles. The molecule has 0 radical (unpaired) electrons. The summed E-state index contributed by atoms with van der Waals surface area (Å²) in [6.45, 7) is 4.36. The van der Waals surface area contributed by atoms with Crippen LogP contribution in [0.3, 0.4) is 0 Å². The highest BCUT2D eigenvalue weighted by atomic mass is 32.2. The molecule has 0 spiro atoms. The van der Waals surface area contributed by atoms with Gasteiger partial charge in [0.15, 0.2) is 0 Å². The van der Waals surface area contributed by atoms with Crippen molar-refractivity contribution in [1.29, 1.82) is 0 Å². The standard InChI is InChI=1S/C25H27N3O4S/c1-2-32-21-13-11-20(12-14-21)27-33(30,31)22-15-9-19(10-16-22)25(29)26-23-7-3-4-8-24(23)28-17-5-6-18-28/h3-4,7-16,27H,2,5-6,17-18H2,1H3,(H,26,29). The summed E-state index contributed by atoms with van der Waals surface area (Å²) in [6.07, 6.45) is 2.28. The minimum absolute atomic E-state index is 0.0744. The molecule has 2 N–H and O–H groups in total. The minimum Gasteiger partial charge on any atom is -0.494 e. The Morgan fingerprint density at radius 2 is 1.61 bits per heavy atom. The van der Waals surface area contributed by atoms with Gasteiger partial charge in [-0.1, -0.05) is 12.1 Å². The van der Waals surface area contributed by atoms with Gasteiger partial charge in [-0.2, -0.15) is 0 Å². The van der Waals surface area contributed by atoms with E-state index in [0.717, 1.165) is 37.3 Å². The summed E-state index contributed by atoms with van der Waals surface area (Å²) in [5.74, 6) is 0.382. The normalized spacial score (nSPS) is 13.5. The van der Waals surface area contributed by atoms with Crippen molar-refractivity contribution in [2.75, 3.05) is 34.6 Å². The summed E-state index contributed by atoms with van der Waals surface area (Å²) in [4.78, 5) is 15.1. The molecule has 7 nitrogen and oxygen atoms in total. The lowest BCUT2D eigenvalue weighted by Crippen LogP contribution is -2.21. The molecule has 0 atom stereocenters. The Labute approximate surface area is 194 Å². The maximum atomic E-state index is 12.8. The molecule has 1 fully saturated rings. The maximum Gasteiger partial charge on any atom is 0.261 e. The van der Waals surface area contributed by atoms with Gasteiger partial charge < -0.3 is 15.0 Å². The Hall–Kier alpha value is -3.52.